The Labute approximate surface area is 351 Å². The second kappa shape index (κ2) is 13.2. The minimum Gasteiger partial charge on any atom is -0.455 e. The molecule has 11 rings (SSSR count). The summed E-state index contributed by atoms with van der Waals surface area (Å²) in [5, 5.41) is 11.0. The van der Waals surface area contributed by atoms with Gasteiger partial charge in [0.25, 0.3) is 0 Å². The zero-order valence-corrected chi connectivity index (χ0v) is 31.7. The SMILES string of the molecule is [B]c1c([B])c([B])c2c(-c3ccc4oc5c6ccccc6ccc5c4c3)c3c([B])c([B])c([B])c([B])c3c(-c3ccc(-c4ccc5c(ccc6ccccc65)c4)cc3)c2c1[B]. The van der Waals surface area contributed by atoms with Crippen LogP contribution in [0, 0.1) is 0 Å². The van der Waals surface area contributed by atoms with Gasteiger partial charge < -0.3 is 4.42 Å². The van der Waals surface area contributed by atoms with Crippen molar-refractivity contribution in [1.29, 1.82) is 0 Å². The van der Waals surface area contributed by atoms with Crippen LogP contribution < -0.4 is 43.7 Å². The van der Waals surface area contributed by atoms with E-state index in [9.17, 15) is 0 Å². The molecule has 0 saturated heterocycles. The van der Waals surface area contributed by atoms with Crippen molar-refractivity contribution in [2.45, 2.75) is 0 Å². The second-order valence-electron chi connectivity index (χ2n) is 15.3. The summed E-state index contributed by atoms with van der Waals surface area (Å²) in [6, 6.07) is 45.8. The Morgan fingerprint density at radius 1 is 0.288 bits per heavy atom. The van der Waals surface area contributed by atoms with Gasteiger partial charge in [-0.1, -0.05) is 131 Å². The highest BCUT2D eigenvalue weighted by Gasteiger charge is 2.25. The third kappa shape index (κ3) is 5.16. The smallest absolute Gasteiger partial charge is 0.143 e. The van der Waals surface area contributed by atoms with E-state index >= 15 is 0 Å². The van der Waals surface area contributed by atoms with E-state index in [1.165, 1.54) is 16.2 Å². The van der Waals surface area contributed by atoms with E-state index in [-0.39, 0.29) is 43.7 Å². The van der Waals surface area contributed by atoms with E-state index in [0.29, 0.717) is 32.7 Å². The Kier molecular flexibility index (Phi) is 8.02. The van der Waals surface area contributed by atoms with Gasteiger partial charge in [0, 0.05) is 16.2 Å². The third-order valence-electron chi connectivity index (χ3n) is 12.2. The predicted octanol–water partition coefficient (Wildman–Crippen LogP) is 4.70. The monoisotopic (exact) mass is 726 g/mol. The van der Waals surface area contributed by atoms with E-state index in [2.05, 4.69) is 97.1 Å². The highest BCUT2D eigenvalue weighted by molar-refractivity contribution is 6.71. The molecular formula is C50H22B8O. The zero-order valence-electron chi connectivity index (χ0n) is 31.7. The molecule has 0 amide bonds. The Morgan fingerprint density at radius 3 is 1.36 bits per heavy atom. The molecule has 0 aliphatic carbocycles. The van der Waals surface area contributed by atoms with Gasteiger partial charge >= 0.3 is 0 Å². The van der Waals surface area contributed by atoms with E-state index in [1.54, 1.807) is 0 Å². The minimum atomic E-state index is 0.164. The highest BCUT2D eigenvalue weighted by atomic mass is 16.3. The van der Waals surface area contributed by atoms with Crippen LogP contribution in [-0.2, 0) is 0 Å². The summed E-state index contributed by atoms with van der Waals surface area (Å²) in [6.07, 6.45) is 0. The lowest BCUT2D eigenvalue weighted by atomic mass is 9.59. The first-order valence-electron chi connectivity index (χ1n) is 19.2. The summed E-state index contributed by atoms with van der Waals surface area (Å²) in [7, 11) is 54.8. The topological polar surface area (TPSA) is 13.1 Å². The third-order valence-corrected chi connectivity index (χ3v) is 12.2. The zero-order chi connectivity index (χ0) is 40.4. The molecule has 0 N–H and O–H groups in total. The van der Waals surface area contributed by atoms with Gasteiger partial charge in [-0.05, 0) is 106 Å². The summed E-state index contributed by atoms with van der Waals surface area (Å²) in [4.78, 5) is 0. The van der Waals surface area contributed by atoms with Gasteiger partial charge in [-0.15, -0.1) is 21.9 Å². The van der Waals surface area contributed by atoms with Crippen molar-refractivity contribution < 1.29 is 4.42 Å². The fourth-order valence-corrected chi connectivity index (χ4v) is 9.21. The van der Waals surface area contributed by atoms with Crippen molar-refractivity contribution in [1.82, 2.24) is 0 Å². The molecule has 16 radical (unpaired) electrons. The van der Waals surface area contributed by atoms with E-state index in [0.717, 1.165) is 60.4 Å². The number of hydrogen-bond acceptors (Lipinski definition) is 1. The molecule has 0 bridgehead atoms. The molecule has 252 valence electrons. The maximum Gasteiger partial charge on any atom is 0.143 e. The van der Waals surface area contributed by atoms with Crippen LogP contribution in [0.3, 0.4) is 0 Å². The molecule has 59 heavy (non-hydrogen) atoms. The van der Waals surface area contributed by atoms with Crippen LogP contribution in [0.25, 0.3) is 109 Å². The molecule has 0 atom stereocenters. The van der Waals surface area contributed by atoms with Gasteiger partial charge in [0.2, 0.25) is 0 Å². The molecule has 0 saturated carbocycles. The lowest BCUT2D eigenvalue weighted by molar-refractivity contribution is 0.672. The first-order valence-corrected chi connectivity index (χ1v) is 19.2. The molecule has 0 aliphatic heterocycles. The molecule has 0 spiro atoms. The van der Waals surface area contributed by atoms with Gasteiger partial charge in [-0.3, -0.25) is 0 Å². The lowest BCUT2D eigenvalue weighted by Crippen LogP contribution is -2.50. The van der Waals surface area contributed by atoms with Gasteiger partial charge in [-0.25, -0.2) is 0 Å². The molecule has 10 aromatic carbocycles. The van der Waals surface area contributed by atoms with Crippen molar-refractivity contribution in [3.63, 3.8) is 0 Å². The molecule has 0 aliphatic rings. The largest absolute Gasteiger partial charge is 0.455 e. The average Bonchev–Trinajstić information content (AvgIpc) is 3.66. The highest BCUT2D eigenvalue weighted by Crippen LogP contribution is 2.43. The number of rotatable bonds is 3. The first-order chi connectivity index (χ1) is 28.6. The molecule has 0 fully saturated rings. The van der Waals surface area contributed by atoms with Crippen molar-refractivity contribution in [2.75, 3.05) is 0 Å². The van der Waals surface area contributed by atoms with Crippen LogP contribution in [0.5, 0.6) is 0 Å². The van der Waals surface area contributed by atoms with Gasteiger partial charge in [0.05, 0.1) is 0 Å². The summed E-state index contributed by atoms with van der Waals surface area (Å²) in [5.41, 5.74) is 8.13. The number of fused-ring (bicyclic) bond motifs is 10. The van der Waals surface area contributed by atoms with Gasteiger partial charge in [0.15, 0.2) is 0 Å². The van der Waals surface area contributed by atoms with Crippen molar-refractivity contribution in [3.8, 4) is 33.4 Å². The molecule has 1 nitrogen and oxygen atoms in total. The second-order valence-corrected chi connectivity index (χ2v) is 15.3. The number of hydrogen-bond donors (Lipinski definition) is 0. The number of furan rings is 1. The van der Waals surface area contributed by atoms with E-state index in [4.69, 9.17) is 67.2 Å². The fraction of sp³-hybridized carbons (Fsp3) is 0. The number of benzene rings is 10. The standard InChI is InChI=1S/C50H22B8O/c51-42-38-36(26-12-9-23(10-13-26)27-16-18-31-28(21-27)14-11-24-5-1-3-7-30(24)31)39-41(45(54)49(58)47(56)43(39)52)37(40(38)44(53)48(57)46(42)55)29-17-20-35-34(22-29)33-19-15-25-6-2-4-8-32(25)50(33)59-35/h1-22H. The Morgan fingerprint density at radius 2 is 0.729 bits per heavy atom. The van der Waals surface area contributed by atoms with Crippen molar-refractivity contribution >= 4 is 182 Å². The van der Waals surface area contributed by atoms with E-state index in [1.807, 2.05) is 36.4 Å². The molecule has 1 heterocycles. The summed E-state index contributed by atoms with van der Waals surface area (Å²) in [5.74, 6) is 0. The Hall–Kier alpha value is -6.18. The average molecular weight is 725 g/mol. The lowest BCUT2D eigenvalue weighted by Gasteiger charge is -2.28. The summed E-state index contributed by atoms with van der Waals surface area (Å²) >= 11 is 0. The quantitative estimate of drug-likeness (QED) is 0.146. The van der Waals surface area contributed by atoms with Crippen LogP contribution in [0.4, 0.5) is 0 Å². The first kappa shape index (κ1) is 35.9. The van der Waals surface area contributed by atoms with Crippen molar-refractivity contribution in [3.05, 3.63) is 133 Å². The van der Waals surface area contributed by atoms with Crippen LogP contribution >= 0.6 is 0 Å². The molecule has 9 heteroatoms. The van der Waals surface area contributed by atoms with E-state index < -0.39 is 0 Å². The van der Waals surface area contributed by atoms with Crippen LogP contribution in [0.15, 0.2) is 138 Å². The van der Waals surface area contributed by atoms with Crippen LogP contribution in [-0.4, -0.2) is 62.8 Å². The molecule has 0 unspecified atom stereocenters. The fourth-order valence-electron chi connectivity index (χ4n) is 9.21. The minimum absolute atomic E-state index is 0.164. The summed E-state index contributed by atoms with van der Waals surface area (Å²) in [6.45, 7) is 0. The summed E-state index contributed by atoms with van der Waals surface area (Å²) < 4.78 is 6.48. The maximum absolute atomic E-state index is 7.04. The molecule has 11 aromatic rings. The Balaban J connectivity index is 1.20. The normalized spacial score (nSPS) is 11.9. The van der Waals surface area contributed by atoms with Crippen LogP contribution in [0.2, 0.25) is 0 Å². The molecular weight excluding hydrogens is 703 g/mol. The predicted molar refractivity (Wildman–Crippen MR) is 261 cm³/mol. The van der Waals surface area contributed by atoms with Crippen LogP contribution in [0.1, 0.15) is 0 Å². The van der Waals surface area contributed by atoms with Gasteiger partial charge in [0.1, 0.15) is 73.9 Å². The molecule has 1 aromatic heterocycles. The Bertz CT molecular complexity index is 3560. The maximum atomic E-state index is 7.04. The van der Waals surface area contributed by atoms with Gasteiger partial charge in [-0.2, -0.15) is 0 Å². The van der Waals surface area contributed by atoms with Crippen molar-refractivity contribution in [2.24, 2.45) is 0 Å².